The van der Waals surface area contributed by atoms with E-state index in [4.69, 9.17) is 9.47 Å². The smallest absolute Gasteiger partial charge is 0.244 e. The summed E-state index contributed by atoms with van der Waals surface area (Å²) in [5.41, 5.74) is 2.02. The zero-order valence-corrected chi connectivity index (χ0v) is 17.5. The van der Waals surface area contributed by atoms with Crippen LogP contribution in [0.5, 0.6) is 5.75 Å². The molecular formula is C20H29N3O4S. The minimum atomic E-state index is -3.72. The number of morpholine rings is 1. The monoisotopic (exact) mass is 407 g/mol. The summed E-state index contributed by atoms with van der Waals surface area (Å²) >= 11 is 0. The predicted octanol–water partition coefficient (Wildman–Crippen LogP) is 1.95. The first kappa shape index (κ1) is 20.9. The van der Waals surface area contributed by atoms with Crippen LogP contribution >= 0.6 is 0 Å². The SMILES string of the molecule is CCc1ccc(OC)c(S(=O)(=O)NCC(c2cccn2C)N2CCOCC2)c1. The van der Waals surface area contributed by atoms with Crippen molar-refractivity contribution in [1.29, 1.82) is 0 Å². The molecule has 1 unspecified atom stereocenters. The number of aryl methyl sites for hydroxylation is 2. The van der Waals surface area contributed by atoms with Gasteiger partial charge in [-0.15, -0.1) is 0 Å². The Hall–Kier alpha value is -1.87. The van der Waals surface area contributed by atoms with Gasteiger partial charge >= 0.3 is 0 Å². The van der Waals surface area contributed by atoms with Crippen LogP contribution < -0.4 is 9.46 Å². The lowest BCUT2D eigenvalue weighted by Gasteiger charge is -2.35. The lowest BCUT2D eigenvalue weighted by Crippen LogP contribution is -2.44. The zero-order valence-electron chi connectivity index (χ0n) is 16.7. The summed E-state index contributed by atoms with van der Waals surface area (Å²) in [4.78, 5) is 2.45. The van der Waals surface area contributed by atoms with E-state index >= 15 is 0 Å². The molecule has 8 heteroatoms. The Kier molecular flexibility index (Phi) is 6.77. The highest BCUT2D eigenvalue weighted by Gasteiger charge is 2.27. The summed E-state index contributed by atoms with van der Waals surface area (Å²) in [6, 6.07) is 9.23. The molecule has 1 aliphatic heterocycles. The predicted molar refractivity (Wildman–Crippen MR) is 108 cm³/mol. The Morgan fingerprint density at radius 1 is 1.25 bits per heavy atom. The molecule has 1 saturated heterocycles. The third kappa shape index (κ3) is 4.57. The van der Waals surface area contributed by atoms with Gasteiger partial charge in [-0.3, -0.25) is 4.90 Å². The first-order chi connectivity index (χ1) is 13.5. The highest BCUT2D eigenvalue weighted by Crippen LogP contribution is 2.27. The fraction of sp³-hybridized carbons (Fsp3) is 0.500. The van der Waals surface area contributed by atoms with Gasteiger partial charge in [0.1, 0.15) is 10.6 Å². The quantitative estimate of drug-likeness (QED) is 0.724. The molecule has 1 aromatic carbocycles. The van der Waals surface area contributed by atoms with E-state index in [1.807, 2.05) is 42.9 Å². The molecule has 7 nitrogen and oxygen atoms in total. The molecular weight excluding hydrogens is 378 g/mol. The van der Waals surface area contributed by atoms with Crippen molar-refractivity contribution in [3.05, 3.63) is 47.8 Å². The minimum Gasteiger partial charge on any atom is -0.495 e. The van der Waals surface area contributed by atoms with Gasteiger partial charge in [0.2, 0.25) is 10.0 Å². The zero-order chi connectivity index (χ0) is 20.1. The Morgan fingerprint density at radius 3 is 2.61 bits per heavy atom. The second-order valence-electron chi connectivity index (χ2n) is 6.90. The molecule has 1 N–H and O–H groups in total. The van der Waals surface area contributed by atoms with Crippen molar-refractivity contribution >= 4 is 10.0 Å². The standard InChI is InChI=1S/C20H29N3O4S/c1-4-16-7-8-19(26-3)20(14-16)28(24,25)21-15-18(17-6-5-9-22(17)2)23-10-12-27-13-11-23/h5-9,14,18,21H,4,10-13,15H2,1-3H3. The molecule has 2 heterocycles. The van der Waals surface area contributed by atoms with Crippen LogP contribution in [0.25, 0.3) is 0 Å². The largest absolute Gasteiger partial charge is 0.495 e. The highest BCUT2D eigenvalue weighted by atomic mass is 32.2. The van der Waals surface area contributed by atoms with E-state index in [1.54, 1.807) is 12.1 Å². The van der Waals surface area contributed by atoms with Crippen LogP contribution in [-0.4, -0.2) is 57.8 Å². The van der Waals surface area contributed by atoms with Gasteiger partial charge in [0.05, 0.1) is 26.4 Å². The Balaban J connectivity index is 1.85. The van der Waals surface area contributed by atoms with E-state index in [0.29, 0.717) is 19.0 Å². The maximum Gasteiger partial charge on any atom is 0.244 e. The molecule has 1 aromatic heterocycles. The number of sulfonamides is 1. The van der Waals surface area contributed by atoms with E-state index in [0.717, 1.165) is 30.8 Å². The van der Waals surface area contributed by atoms with Crippen molar-refractivity contribution in [2.45, 2.75) is 24.3 Å². The molecule has 0 aliphatic carbocycles. The molecule has 28 heavy (non-hydrogen) atoms. The summed E-state index contributed by atoms with van der Waals surface area (Å²) in [6.07, 6.45) is 2.73. The molecule has 3 rings (SSSR count). The summed E-state index contributed by atoms with van der Waals surface area (Å²) in [5, 5.41) is 0. The molecule has 1 fully saturated rings. The van der Waals surface area contributed by atoms with Crippen LogP contribution in [0.4, 0.5) is 0 Å². The Labute approximate surface area is 167 Å². The van der Waals surface area contributed by atoms with E-state index in [-0.39, 0.29) is 17.5 Å². The van der Waals surface area contributed by atoms with Crippen LogP contribution in [0.3, 0.4) is 0 Å². The molecule has 0 bridgehead atoms. The van der Waals surface area contributed by atoms with Crippen LogP contribution in [0.2, 0.25) is 0 Å². The van der Waals surface area contributed by atoms with Gasteiger partial charge in [0.15, 0.2) is 0 Å². The molecule has 1 atom stereocenters. The number of methoxy groups -OCH3 is 1. The van der Waals surface area contributed by atoms with E-state index in [9.17, 15) is 8.42 Å². The van der Waals surface area contributed by atoms with E-state index in [2.05, 4.69) is 9.62 Å². The maximum atomic E-state index is 13.1. The number of benzene rings is 1. The normalized spacial score (nSPS) is 16.8. The summed E-state index contributed by atoms with van der Waals surface area (Å²) in [5.74, 6) is 0.353. The first-order valence-electron chi connectivity index (χ1n) is 9.56. The molecule has 1 aliphatic rings. The average molecular weight is 408 g/mol. The Bertz CT molecular complexity index is 889. The molecule has 0 saturated carbocycles. The molecule has 2 aromatic rings. The van der Waals surface area contributed by atoms with Gasteiger partial charge in [-0.25, -0.2) is 13.1 Å². The van der Waals surface area contributed by atoms with Gasteiger partial charge in [0.25, 0.3) is 0 Å². The van der Waals surface area contributed by atoms with Crippen LogP contribution in [-0.2, 0) is 28.2 Å². The molecule has 0 spiro atoms. The number of nitrogens with zero attached hydrogens (tertiary/aromatic N) is 2. The van der Waals surface area contributed by atoms with Crippen LogP contribution in [0.15, 0.2) is 41.4 Å². The topological polar surface area (TPSA) is 72.8 Å². The van der Waals surface area contributed by atoms with Gasteiger partial charge < -0.3 is 14.0 Å². The van der Waals surface area contributed by atoms with Crippen molar-refractivity contribution in [3.63, 3.8) is 0 Å². The second-order valence-corrected chi connectivity index (χ2v) is 8.63. The fourth-order valence-electron chi connectivity index (χ4n) is 3.55. The molecule has 0 radical (unpaired) electrons. The highest BCUT2D eigenvalue weighted by molar-refractivity contribution is 7.89. The maximum absolute atomic E-state index is 13.1. The third-order valence-electron chi connectivity index (χ3n) is 5.20. The summed E-state index contributed by atoms with van der Waals surface area (Å²) in [6.45, 7) is 5.12. The number of ether oxygens (including phenoxy) is 2. The van der Waals surface area contributed by atoms with Crippen molar-refractivity contribution in [2.75, 3.05) is 40.0 Å². The van der Waals surface area contributed by atoms with E-state index < -0.39 is 10.0 Å². The number of nitrogens with one attached hydrogen (secondary N) is 1. The summed E-state index contributed by atoms with van der Waals surface area (Å²) in [7, 11) is -0.252. The lowest BCUT2D eigenvalue weighted by molar-refractivity contribution is 0.0158. The van der Waals surface area contributed by atoms with Gasteiger partial charge in [-0.2, -0.15) is 0 Å². The minimum absolute atomic E-state index is 0.0703. The number of rotatable bonds is 8. The van der Waals surface area contributed by atoms with Gasteiger partial charge in [-0.05, 0) is 36.2 Å². The van der Waals surface area contributed by atoms with Crippen molar-refractivity contribution in [3.8, 4) is 5.75 Å². The Morgan fingerprint density at radius 2 is 2.00 bits per heavy atom. The van der Waals surface area contributed by atoms with Gasteiger partial charge in [0, 0.05) is 38.6 Å². The van der Waals surface area contributed by atoms with Crippen LogP contribution in [0, 0.1) is 0 Å². The van der Waals surface area contributed by atoms with Crippen molar-refractivity contribution in [1.82, 2.24) is 14.2 Å². The van der Waals surface area contributed by atoms with Crippen LogP contribution in [0.1, 0.15) is 24.2 Å². The van der Waals surface area contributed by atoms with Crippen molar-refractivity contribution in [2.24, 2.45) is 7.05 Å². The first-order valence-corrected chi connectivity index (χ1v) is 11.0. The number of aromatic nitrogens is 1. The second kappa shape index (κ2) is 9.09. The molecule has 154 valence electrons. The molecule has 0 amide bonds. The summed E-state index contributed by atoms with van der Waals surface area (Å²) < 4.78 is 41.8. The van der Waals surface area contributed by atoms with Crippen molar-refractivity contribution < 1.29 is 17.9 Å². The number of hydrogen-bond donors (Lipinski definition) is 1. The average Bonchev–Trinajstić information content (AvgIpc) is 3.14. The third-order valence-corrected chi connectivity index (χ3v) is 6.65. The lowest BCUT2D eigenvalue weighted by atomic mass is 10.1. The van der Waals surface area contributed by atoms with Gasteiger partial charge in [-0.1, -0.05) is 13.0 Å². The fourth-order valence-corrected chi connectivity index (χ4v) is 4.80. The van der Waals surface area contributed by atoms with E-state index in [1.165, 1.54) is 7.11 Å². The number of hydrogen-bond acceptors (Lipinski definition) is 5.